The van der Waals surface area contributed by atoms with Gasteiger partial charge in [-0.1, -0.05) is 80.5 Å². The third-order valence-electron chi connectivity index (χ3n) is 4.50. The summed E-state index contributed by atoms with van der Waals surface area (Å²) in [7, 11) is -1.97. The highest BCUT2D eigenvalue weighted by atomic mass is 32.2. The number of nitrogens with zero attached hydrogens (tertiary/aromatic N) is 3. The molecule has 0 fully saturated rings. The molecule has 3 rings (SSSR count). The van der Waals surface area contributed by atoms with Gasteiger partial charge in [-0.15, -0.1) is 0 Å². The third-order valence-corrected chi connectivity index (χ3v) is 6.28. The summed E-state index contributed by atoms with van der Waals surface area (Å²) >= 11 is 0. The molecule has 2 aromatic carbocycles. The Labute approximate surface area is 166 Å². The second-order valence-electron chi connectivity index (χ2n) is 7.84. The van der Waals surface area contributed by atoms with Crippen molar-refractivity contribution in [3.63, 3.8) is 0 Å². The second-order valence-corrected chi connectivity index (χ2v) is 9.91. The van der Waals surface area contributed by atoms with Gasteiger partial charge in [-0.2, -0.15) is 9.29 Å². The van der Waals surface area contributed by atoms with E-state index in [1.54, 1.807) is 12.1 Å². The minimum absolute atomic E-state index is 0.0300. The van der Waals surface area contributed by atoms with E-state index >= 15 is 0 Å². The molecule has 0 saturated carbocycles. The molecule has 1 heterocycles. The lowest BCUT2D eigenvalue weighted by Gasteiger charge is -2.18. The van der Waals surface area contributed by atoms with Gasteiger partial charge in [0, 0.05) is 12.6 Å². The van der Waals surface area contributed by atoms with Crippen molar-refractivity contribution in [3.05, 3.63) is 71.6 Å². The lowest BCUT2D eigenvalue weighted by molar-refractivity contribution is 0.336. The standard InChI is InChI=1S/C21H25N3O3S/c1-21(2,3)18-12-10-17(11-13-18)20-22-19(27-23-20)14-24(4)28(25,26)15-16-8-6-5-7-9-16/h5-13H,14-15H2,1-4H3. The van der Waals surface area contributed by atoms with E-state index in [4.69, 9.17) is 4.52 Å². The van der Waals surface area contributed by atoms with Crippen LogP contribution in [0.15, 0.2) is 59.1 Å². The number of benzene rings is 2. The molecule has 7 heteroatoms. The average molecular weight is 400 g/mol. The van der Waals surface area contributed by atoms with E-state index in [9.17, 15) is 8.42 Å². The maximum Gasteiger partial charge on any atom is 0.242 e. The molecule has 28 heavy (non-hydrogen) atoms. The monoisotopic (exact) mass is 399 g/mol. The topological polar surface area (TPSA) is 76.3 Å². The number of hydrogen-bond acceptors (Lipinski definition) is 5. The van der Waals surface area contributed by atoms with E-state index in [1.807, 2.05) is 42.5 Å². The van der Waals surface area contributed by atoms with E-state index in [1.165, 1.54) is 16.9 Å². The van der Waals surface area contributed by atoms with Crippen LogP contribution in [0.2, 0.25) is 0 Å². The van der Waals surface area contributed by atoms with Gasteiger partial charge in [0.15, 0.2) is 0 Å². The number of rotatable bonds is 6. The summed E-state index contributed by atoms with van der Waals surface area (Å²) in [5.74, 6) is 0.637. The fourth-order valence-electron chi connectivity index (χ4n) is 2.74. The van der Waals surface area contributed by atoms with Gasteiger partial charge < -0.3 is 4.52 Å². The molecule has 0 aliphatic carbocycles. The first-order chi connectivity index (χ1) is 13.1. The molecule has 0 radical (unpaired) electrons. The predicted molar refractivity (Wildman–Crippen MR) is 109 cm³/mol. The molecule has 0 N–H and O–H groups in total. The minimum atomic E-state index is -3.48. The van der Waals surface area contributed by atoms with Crippen molar-refractivity contribution in [1.29, 1.82) is 0 Å². The Hall–Kier alpha value is -2.51. The van der Waals surface area contributed by atoms with Crippen LogP contribution in [0.4, 0.5) is 0 Å². The normalized spacial score (nSPS) is 12.5. The van der Waals surface area contributed by atoms with Crippen LogP contribution in [-0.2, 0) is 27.7 Å². The largest absolute Gasteiger partial charge is 0.338 e. The lowest BCUT2D eigenvalue weighted by atomic mass is 9.87. The van der Waals surface area contributed by atoms with Crippen LogP contribution in [-0.4, -0.2) is 29.9 Å². The molecular weight excluding hydrogens is 374 g/mol. The number of aromatic nitrogens is 2. The molecule has 0 aliphatic rings. The molecule has 3 aromatic rings. The molecule has 0 spiro atoms. The second kappa shape index (κ2) is 7.85. The summed E-state index contributed by atoms with van der Waals surface area (Å²) in [5, 5.41) is 3.99. The Morgan fingerprint density at radius 1 is 1.00 bits per heavy atom. The van der Waals surface area contributed by atoms with Crippen molar-refractivity contribution < 1.29 is 12.9 Å². The fourth-order valence-corrected chi connectivity index (χ4v) is 3.88. The molecule has 0 atom stereocenters. The van der Waals surface area contributed by atoms with Gasteiger partial charge in [0.2, 0.25) is 21.7 Å². The van der Waals surface area contributed by atoms with Crippen molar-refractivity contribution in [2.24, 2.45) is 0 Å². The van der Waals surface area contributed by atoms with Crippen LogP contribution in [0.5, 0.6) is 0 Å². The smallest absolute Gasteiger partial charge is 0.242 e. The predicted octanol–water partition coefficient (Wildman–Crippen LogP) is 4.00. The first-order valence-corrected chi connectivity index (χ1v) is 10.7. The molecule has 6 nitrogen and oxygen atoms in total. The van der Waals surface area contributed by atoms with Crippen LogP contribution < -0.4 is 0 Å². The van der Waals surface area contributed by atoms with Gasteiger partial charge in [0.1, 0.15) is 0 Å². The Morgan fingerprint density at radius 3 is 2.25 bits per heavy atom. The lowest BCUT2D eigenvalue weighted by Crippen LogP contribution is -2.27. The van der Waals surface area contributed by atoms with Gasteiger partial charge >= 0.3 is 0 Å². The summed E-state index contributed by atoms with van der Waals surface area (Å²) in [6.07, 6.45) is 0. The quantitative estimate of drug-likeness (QED) is 0.626. The van der Waals surface area contributed by atoms with Gasteiger partial charge in [-0.25, -0.2) is 8.42 Å². The first-order valence-electron chi connectivity index (χ1n) is 9.06. The van der Waals surface area contributed by atoms with E-state index in [2.05, 4.69) is 30.9 Å². The summed E-state index contributed by atoms with van der Waals surface area (Å²) in [4.78, 5) is 4.35. The number of sulfonamides is 1. The third kappa shape index (κ3) is 4.85. The molecule has 148 valence electrons. The molecule has 0 aliphatic heterocycles. The van der Waals surface area contributed by atoms with Crippen LogP contribution in [0.25, 0.3) is 11.4 Å². The molecular formula is C21H25N3O3S. The Morgan fingerprint density at radius 2 is 1.64 bits per heavy atom. The molecule has 0 unspecified atom stereocenters. The molecule has 0 bridgehead atoms. The maximum absolute atomic E-state index is 12.5. The van der Waals surface area contributed by atoms with E-state index in [0.29, 0.717) is 5.82 Å². The van der Waals surface area contributed by atoms with Crippen molar-refractivity contribution >= 4 is 10.0 Å². The van der Waals surface area contributed by atoms with Gasteiger partial charge in [0.25, 0.3) is 0 Å². The zero-order chi connectivity index (χ0) is 20.4. The summed E-state index contributed by atoms with van der Waals surface area (Å²) in [6.45, 7) is 6.49. The van der Waals surface area contributed by atoms with Gasteiger partial charge in [-0.3, -0.25) is 0 Å². The summed E-state index contributed by atoms with van der Waals surface area (Å²) in [6, 6.07) is 17.1. The highest BCUT2D eigenvalue weighted by Crippen LogP contribution is 2.25. The molecule has 0 saturated heterocycles. The SMILES string of the molecule is CN(Cc1nc(-c2ccc(C(C)(C)C)cc2)no1)S(=O)(=O)Cc1ccccc1. The first kappa shape index (κ1) is 20.2. The fraction of sp³-hybridized carbons (Fsp3) is 0.333. The van der Waals surface area contributed by atoms with Crippen molar-refractivity contribution in [3.8, 4) is 11.4 Å². The summed E-state index contributed by atoms with van der Waals surface area (Å²) < 4.78 is 31.6. The Balaban J connectivity index is 1.70. The van der Waals surface area contributed by atoms with Crippen molar-refractivity contribution in [1.82, 2.24) is 14.4 Å². The van der Waals surface area contributed by atoms with Crippen LogP contribution in [0.1, 0.15) is 37.8 Å². The van der Waals surface area contributed by atoms with Crippen molar-refractivity contribution in [2.75, 3.05) is 7.05 Å². The maximum atomic E-state index is 12.5. The van der Waals surface area contributed by atoms with Crippen molar-refractivity contribution in [2.45, 2.75) is 38.5 Å². The summed E-state index contributed by atoms with van der Waals surface area (Å²) in [5.41, 5.74) is 2.85. The average Bonchev–Trinajstić information content (AvgIpc) is 3.10. The van der Waals surface area contributed by atoms with E-state index < -0.39 is 10.0 Å². The van der Waals surface area contributed by atoms with Gasteiger partial charge in [0.05, 0.1) is 12.3 Å². The Kier molecular flexibility index (Phi) is 5.67. The van der Waals surface area contributed by atoms with E-state index in [-0.39, 0.29) is 23.6 Å². The van der Waals surface area contributed by atoms with E-state index in [0.717, 1.165) is 11.1 Å². The highest BCUT2D eigenvalue weighted by Gasteiger charge is 2.22. The van der Waals surface area contributed by atoms with Crippen LogP contribution in [0, 0.1) is 0 Å². The minimum Gasteiger partial charge on any atom is -0.338 e. The van der Waals surface area contributed by atoms with Crippen LogP contribution in [0.3, 0.4) is 0 Å². The zero-order valence-corrected chi connectivity index (χ0v) is 17.4. The Bertz CT molecular complexity index is 1020. The number of hydrogen-bond donors (Lipinski definition) is 0. The van der Waals surface area contributed by atoms with Gasteiger partial charge in [-0.05, 0) is 16.5 Å². The zero-order valence-electron chi connectivity index (χ0n) is 16.6. The molecule has 1 aromatic heterocycles. The molecule has 0 amide bonds. The highest BCUT2D eigenvalue weighted by molar-refractivity contribution is 7.88. The van der Waals surface area contributed by atoms with Crippen LogP contribution >= 0.6 is 0 Å².